The summed E-state index contributed by atoms with van der Waals surface area (Å²) in [7, 11) is 0. The van der Waals surface area contributed by atoms with E-state index in [4.69, 9.17) is 4.98 Å². The zero-order valence-corrected chi connectivity index (χ0v) is 19.7. The van der Waals surface area contributed by atoms with Crippen LogP contribution in [0.25, 0.3) is 27.7 Å². The smallest absolute Gasteiger partial charge is 0.256 e. The zero-order valence-electron chi connectivity index (χ0n) is 18.9. The van der Waals surface area contributed by atoms with Crippen molar-refractivity contribution in [1.82, 2.24) is 34.5 Å². The molecular formula is C22H24N8O3S. The van der Waals surface area contributed by atoms with E-state index in [2.05, 4.69) is 25.6 Å². The van der Waals surface area contributed by atoms with Gasteiger partial charge in [0.1, 0.15) is 17.6 Å². The molecule has 2 aliphatic carbocycles. The molecule has 11 nitrogen and oxygen atoms in total. The van der Waals surface area contributed by atoms with Crippen LogP contribution in [-0.4, -0.2) is 69.3 Å². The number of anilines is 1. The van der Waals surface area contributed by atoms with Crippen LogP contribution >= 0.6 is 11.3 Å². The van der Waals surface area contributed by atoms with Crippen LogP contribution in [0.15, 0.2) is 24.7 Å². The number of nitrogens with one attached hydrogen (secondary N) is 1. The first kappa shape index (κ1) is 21.3. The number of aliphatic hydroxyl groups excluding tert-OH is 2. The van der Waals surface area contributed by atoms with Crippen molar-refractivity contribution >= 4 is 34.1 Å². The van der Waals surface area contributed by atoms with E-state index in [1.807, 2.05) is 26.0 Å². The molecule has 4 aromatic heterocycles. The first-order chi connectivity index (χ1) is 16.3. The zero-order chi connectivity index (χ0) is 23.8. The summed E-state index contributed by atoms with van der Waals surface area (Å²) in [5.41, 5.74) is 0.870. The molecule has 5 atom stereocenters. The van der Waals surface area contributed by atoms with Gasteiger partial charge in [0, 0.05) is 11.4 Å². The Labute approximate surface area is 198 Å². The third-order valence-electron chi connectivity index (χ3n) is 7.09. The fourth-order valence-corrected chi connectivity index (χ4v) is 6.15. The van der Waals surface area contributed by atoms with Gasteiger partial charge in [-0.3, -0.25) is 4.79 Å². The van der Waals surface area contributed by atoms with Crippen LogP contribution in [-0.2, 0) is 4.79 Å². The largest absolute Gasteiger partial charge is 0.389 e. The van der Waals surface area contributed by atoms with Gasteiger partial charge in [0.25, 0.3) is 5.95 Å². The van der Waals surface area contributed by atoms with Crippen LogP contribution in [0.2, 0.25) is 0 Å². The molecule has 0 saturated heterocycles. The standard InChI is InChI=1S/C22H24N8O3S/c1-4-23-19-15-20(26-21(25-19)30-8-13(27-28-30)14-6-5-10(2)34-14)29(9-24-15)16-12-7-22(12,11(3)31)18(33)17(16)32/h5-6,8-9,12,16-18,32-33H,4,7H2,1-3H3,(H,23,25,26)/t12?,16-,17+,18?,22-/m1/s1. The monoisotopic (exact) mass is 480 g/mol. The number of hydrogen-bond donors (Lipinski definition) is 3. The number of ketones is 1. The maximum absolute atomic E-state index is 12.3. The summed E-state index contributed by atoms with van der Waals surface area (Å²) in [6.45, 7) is 6.09. The van der Waals surface area contributed by atoms with E-state index >= 15 is 0 Å². The number of rotatable bonds is 6. The molecule has 4 aromatic rings. The molecule has 0 aliphatic heterocycles. The fraction of sp³-hybridized carbons (Fsp3) is 0.455. The third kappa shape index (κ3) is 2.88. The normalized spacial score (nSPS) is 27.8. The Kier molecular flexibility index (Phi) is 4.63. The molecule has 0 aromatic carbocycles. The highest BCUT2D eigenvalue weighted by atomic mass is 32.1. The molecule has 2 unspecified atom stereocenters. The van der Waals surface area contributed by atoms with E-state index in [-0.39, 0.29) is 11.7 Å². The molecule has 12 heteroatoms. The SMILES string of the molecule is CCNc1nc(-n2cc(-c3ccc(C)s3)nn2)nc2c1ncn2[C@@H]1C2C[C@]2(C(C)=O)C(O)[C@H]1O. The molecule has 4 heterocycles. The third-order valence-corrected chi connectivity index (χ3v) is 8.12. The average molecular weight is 481 g/mol. The van der Waals surface area contributed by atoms with Gasteiger partial charge in [-0.2, -0.15) is 14.6 Å². The molecular weight excluding hydrogens is 456 g/mol. The molecule has 2 saturated carbocycles. The number of imidazole rings is 1. The van der Waals surface area contributed by atoms with Gasteiger partial charge in [0.05, 0.1) is 35.0 Å². The second-order valence-corrected chi connectivity index (χ2v) is 10.3. The average Bonchev–Trinajstić information content (AvgIpc) is 3.21. The van der Waals surface area contributed by atoms with Gasteiger partial charge in [-0.15, -0.1) is 16.4 Å². The van der Waals surface area contributed by atoms with E-state index in [0.717, 1.165) is 10.6 Å². The second-order valence-electron chi connectivity index (χ2n) is 9.02. The molecule has 2 aliphatic rings. The lowest BCUT2D eigenvalue weighted by Crippen LogP contribution is -2.36. The summed E-state index contributed by atoms with van der Waals surface area (Å²) < 4.78 is 3.27. The van der Waals surface area contributed by atoms with Gasteiger partial charge in [-0.05, 0) is 45.2 Å². The summed E-state index contributed by atoms with van der Waals surface area (Å²) in [5.74, 6) is 0.567. The summed E-state index contributed by atoms with van der Waals surface area (Å²) in [6.07, 6.45) is 1.70. The Morgan fingerprint density at radius 3 is 2.82 bits per heavy atom. The van der Waals surface area contributed by atoms with Crippen LogP contribution in [0.1, 0.15) is 31.2 Å². The number of Topliss-reactive ketones (excluding diaryl/α,β-unsaturated/α-hetero) is 1. The number of thiophene rings is 1. The van der Waals surface area contributed by atoms with Crippen molar-refractivity contribution in [2.45, 2.75) is 45.4 Å². The topological polar surface area (TPSA) is 144 Å². The van der Waals surface area contributed by atoms with E-state index in [0.29, 0.717) is 35.9 Å². The Morgan fingerprint density at radius 1 is 1.32 bits per heavy atom. The van der Waals surface area contributed by atoms with Gasteiger partial charge in [0.2, 0.25) is 0 Å². The van der Waals surface area contributed by atoms with Crippen LogP contribution < -0.4 is 5.32 Å². The molecule has 3 N–H and O–H groups in total. The molecule has 2 fully saturated rings. The Balaban J connectivity index is 1.45. The lowest BCUT2D eigenvalue weighted by Gasteiger charge is -2.23. The number of fused-ring (bicyclic) bond motifs is 2. The van der Waals surface area contributed by atoms with Gasteiger partial charge in [-0.25, -0.2) is 4.98 Å². The summed E-state index contributed by atoms with van der Waals surface area (Å²) in [4.78, 5) is 28.3. The predicted molar refractivity (Wildman–Crippen MR) is 125 cm³/mol. The van der Waals surface area contributed by atoms with E-state index in [9.17, 15) is 15.0 Å². The molecule has 6 rings (SSSR count). The number of nitrogens with zero attached hydrogens (tertiary/aromatic N) is 7. The van der Waals surface area contributed by atoms with E-state index < -0.39 is 23.7 Å². The molecule has 0 radical (unpaired) electrons. The second kappa shape index (κ2) is 7.39. The molecule has 0 amide bonds. The number of aryl methyl sites for hydroxylation is 1. The van der Waals surface area contributed by atoms with Crippen molar-refractivity contribution < 1.29 is 15.0 Å². The number of aromatic nitrogens is 7. The van der Waals surface area contributed by atoms with E-state index in [1.54, 1.807) is 28.4 Å². The maximum atomic E-state index is 12.3. The first-order valence-electron chi connectivity index (χ1n) is 11.2. The maximum Gasteiger partial charge on any atom is 0.256 e. The quantitative estimate of drug-likeness (QED) is 0.376. The minimum atomic E-state index is -1.11. The highest BCUT2D eigenvalue weighted by molar-refractivity contribution is 7.15. The van der Waals surface area contributed by atoms with Crippen molar-refractivity contribution in [2.24, 2.45) is 11.3 Å². The van der Waals surface area contributed by atoms with Crippen molar-refractivity contribution in [3.63, 3.8) is 0 Å². The van der Waals surface area contributed by atoms with Gasteiger partial charge in [0.15, 0.2) is 17.0 Å². The van der Waals surface area contributed by atoms with Gasteiger partial charge < -0.3 is 20.1 Å². The molecule has 176 valence electrons. The van der Waals surface area contributed by atoms with Crippen molar-refractivity contribution in [3.8, 4) is 16.5 Å². The Bertz CT molecular complexity index is 1430. The predicted octanol–water partition coefficient (Wildman–Crippen LogP) is 1.75. The lowest BCUT2D eigenvalue weighted by atomic mass is 9.95. The fourth-order valence-electron chi connectivity index (χ4n) is 5.33. The minimum absolute atomic E-state index is 0.0985. The van der Waals surface area contributed by atoms with Crippen LogP contribution in [0.3, 0.4) is 0 Å². The highest BCUT2D eigenvalue weighted by Gasteiger charge is 2.74. The Hall–Kier alpha value is -3.22. The van der Waals surface area contributed by atoms with Crippen molar-refractivity contribution in [1.29, 1.82) is 0 Å². The number of carbonyl (C=O) groups excluding carboxylic acids is 1. The summed E-state index contributed by atoms with van der Waals surface area (Å²) in [6, 6.07) is 3.52. The Morgan fingerprint density at radius 2 is 2.15 bits per heavy atom. The van der Waals surface area contributed by atoms with Gasteiger partial charge >= 0.3 is 0 Å². The number of aliphatic hydroxyl groups is 2. The molecule has 34 heavy (non-hydrogen) atoms. The highest BCUT2D eigenvalue weighted by Crippen LogP contribution is 2.68. The summed E-state index contributed by atoms with van der Waals surface area (Å²) >= 11 is 1.63. The van der Waals surface area contributed by atoms with Crippen LogP contribution in [0, 0.1) is 18.3 Å². The summed E-state index contributed by atoms with van der Waals surface area (Å²) in [5, 5.41) is 33.3. The van der Waals surface area contributed by atoms with Crippen LogP contribution in [0.4, 0.5) is 5.82 Å². The molecule has 0 spiro atoms. The van der Waals surface area contributed by atoms with E-state index in [1.165, 1.54) is 16.5 Å². The van der Waals surface area contributed by atoms with Gasteiger partial charge in [-0.1, -0.05) is 5.21 Å². The van der Waals surface area contributed by atoms with Crippen LogP contribution in [0.5, 0.6) is 0 Å². The number of hydrogen-bond acceptors (Lipinski definition) is 10. The van der Waals surface area contributed by atoms with Crippen molar-refractivity contribution in [2.75, 3.05) is 11.9 Å². The minimum Gasteiger partial charge on any atom is -0.389 e. The number of carbonyl (C=O) groups is 1. The first-order valence-corrected chi connectivity index (χ1v) is 12.0. The molecule has 0 bridgehead atoms. The lowest BCUT2D eigenvalue weighted by molar-refractivity contribution is -0.128. The van der Waals surface area contributed by atoms with Crippen molar-refractivity contribution in [3.05, 3.63) is 29.5 Å².